The van der Waals surface area contributed by atoms with Crippen LogP contribution in [-0.2, 0) is 6.54 Å². The molecule has 1 heterocycles. The van der Waals surface area contributed by atoms with Gasteiger partial charge in [0.05, 0.1) is 10.7 Å². The maximum atomic E-state index is 14.5. The van der Waals surface area contributed by atoms with E-state index in [1.54, 1.807) is 6.07 Å². The van der Waals surface area contributed by atoms with Crippen molar-refractivity contribution in [2.75, 3.05) is 20.1 Å². The number of nitrogens with two attached hydrogens (primary N) is 2. The summed E-state index contributed by atoms with van der Waals surface area (Å²) < 4.78 is 14.5. The molecule has 0 unspecified atom stereocenters. The van der Waals surface area contributed by atoms with E-state index < -0.39 is 5.82 Å². The van der Waals surface area contributed by atoms with Crippen molar-refractivity contribution in [1.29, 1.82) is 0 Å². The van der Waals surface area contributed by atoms with Gasteiger partial charge in [-0.1, -0.05) is 37.1 Å². The van der Waals surface area contributed by atoms with Crippen molar-refractivity contribution in [3.05, 3.63) is 52.6 Å². The van der Waals surface area contributed by atoms with E-state index in [0.29, 0.717) is 22.8 Å². The minimum Gasteiger partial charge on any atom is -0.370 e. The van der Waals surface area contributed by atoms with Gasteiger partial charge < -0.3 is 21.3 Å². The number of rotatable bonds is 6. The van der Waals surface area contributed by atoms with E-state index in [-0.39, 0.29) is 5.96 Å². The SMILES string of the molecule is CCC/C=C\C=C1/N(C)CCN1Cc1c(F)cc(N=C(N)N)cc1Cl. The molecule has 0 aromatic heterocycles. The van der Waals surface area contributed by atoms with E-state index in [4.69, 9.17) is 23.1 Å². The standard InChI is InChI=1S/C18H25ClFN5/c1-3-4-5-6-7-17-24(2)8-9-25(17)12-14-15(19)10-13(11-16(14)20)23-18(21)22/h5-7,10-11H,3-4,8-9,12H2,1-2H3,(H4,21,22,23)/b6-5-,17-7+. The molecule has 1 aliphatic heterocycles. The van der Waals surface area contributed by atoms with Gasteiger partial charge >= 0.3 is 0 Å². The fourth-order valence-corrected chi connectivity index (χ4v) is 2.96. The van der Waals surface area contributed by atoms with Crippen molar-refractivity contribution in [2.24, 2.45) is 16.5 Å². The number of halogens is 2. The molecule has 0 aliphatic carbocycles. The second-order valence-corrected chi connectivity index (χ2v) is 6.42. The normalized spacial score (nSPS) is 16.2. The molecular weight excluding hydrogens is 341 g/mol. The van der Waals surface area contributed by atoms with Crippen molar-refractivity contribution >= 4 is 23.2 Å². The van der Waals surface area contributed by atoms with Crippen LogP contribution in [0.2, 0.25) is 5.02 Å². The minimum atomic E-state index is -0.414. The van der Waals surface area contributed by atoms with Crippen molar-refractivity contribution in [3.8, 4) is 0 Å². The zero-order valence-corrected chi connectivity index (χ0v) is 15.4. The molecule has 0 atom stereocenters. The molecule has 0 spiro atoms. The Morgan fingerprint density at radius 3 is 2.76 bits per heavy atom. The number of hydrogen-bond acceptors (Lipinski definition) is 3. The average Bonchev–Trinajstić information content (AvgIpc) is 2.87. The molecule has 1 saturated heterocycles. The van der Waals surface area contributed by atoms with Crippen LogP contribution in [0.25, 0.3) is 0 Å². The highest BCUT2D eigenvalue weighted by molar-refractivity contribution is 6.31. The fourth-order valence-electron chi connectivity index (χ4n) is 2.70. The van der Waals surface area contributed by atoms with Crippen LogP contribution in [0.4, 0.5) is 10.1 Å². The number of guanidine groups is 1. The van der Waals surface area contributed by atoms with Gasteiger partial charge in [-0.2, -0.15) is 0 Å². The molecule has 7 heteroatoms. The van der Waals surface area contributed by atoms with Crippen LogP contribution in [0.5, 0.6) is 0 Å². The third-order valence-corrected chi connectivity index (χ3v) is 4.33. The Hall–Kier alpha value is -2.21. The van der Waals surface area contributed by atoms with Gasteiger partial charge in [0.1, 0.15) is 11.6 Å². The summed E-state index contributed by atoms with van der Waals surface area (Å²) >= 11 is 6.26. The van der Waals surface area contributed by atoms with Crippen LogP contribution in [0.3, 0.4) is 0 Å². The Bertz CT molecular complexity index is 672. The molecule has 0 bridgehead atoms. The Kier molecular flexibility index (Phi) is 6.70. The fraction of sp³-hybridized carbons (Fsp3) is 0.389. The lowest BCUT2D eigenvalue weighted by Crippen LogP contribution is -2.22. The quantitative estimate of drug-likeness (QED) is 0.599. The largest absolute Gasteiger partial charge is 0.370 e. The molecule has 2 rings (SSSR count). The summed E-state index contributed by atoms with van der Waals surface area (Å²) in [6.45, 7) is 4.24. The lowest BCUT2D eigenvalue weighted by Gasteiger charge is -2.23. The molecule has 1 aromatic carbocycles. The molecule has 136 valence electrons. The van der Waals surface area contributed by atoms with Crippen LogP contribution in [0.1, 0.15) is 25.3 Å². The Morgan fingerprint density at radius 2 is 2.12 bits per heavy atom. The zero-order valence-electron chi connectivity index (χ0n) is 14.7. The van der Waals surface area contributed by atoms with Crippen molar-refractivity contribution in [3.63, 3.8) is 0 Å². The third kappa shape index (κ3) is 5.13. The first-order valence-electron chi connectivity index (χ1n) is 8.32. The monoisotopic (exact) mass is 365 g/mol. The first-order valence-corrected chi connectivity index (χ1v) is 8.70. The highest BCUT2D eigenvalue weighted by atomic mass is 35.5. The van der Waals surface area contributed by atoms with Gasteiger partial charge in [-0.3, -0.25) is 0 Å². The smallest absolute Gasteiger partial charge is 0.191 e. The van der Waals surface area contributed by atoms with Crippen molar-refractivity contribution in [1.82, 2.24) is 9.80 Å². The summed E-state index contributed by atoms with van der Waals surface area (Å²) in [7, 11) is 2.03. The number of aliphatic imine (C=N–C) groups is 1. The van der Waals surface area contributed by atoms with E-state index in [2.05, 4.69) is 33.9 Å². The van der Waals surface area contributed by atoms with E-state index in [0.717, 1.165) is 31.8 Å². The number of allylic oxidation sites excluding steroid dienone is 3. The minimum absolute atomic E-state index is 0.131. The number of nitrogens with zero attached hydrogens (tertiary/aromatic N) is 3. The molecule has 0 saturated carbocycles. The van der Waals surface area contributed by atoms with E-state index in [1.807, 2.05) is 13.1 Å². The number of benzene rings is 1. The summed E-state index contributed by atoms with van der Waals surface area (Å²) in [5, 5.41) is 0.315. The predicted molar refractivity (Wildman–Crippen MR) is 102 cm³/mol. The highest BCUT2D eigenvalue weighted by Gasteiger charge is 2.23. The summed E-state index contributed by atoms with van der Waals surface area (Å²) in [5.74, 6) is 0.507. The van der Waals surface area contributed by atoms with Crippen molar-refractivity contribution < 1.29 is 4.39 Å². The van der Waals surface area contributed by atoms with E-state index in [1.165, 1.54) is 6.07 Å². The van der Waals surface area contributed by atoms with E-state index >= 15 is 0 Å². The van der Waals surface area contributed by atoms with Crippen LogP contribution < -0.4 is 11.5 Å². The number of likely N-dealkylation sites (N-methyl/N-ethyl adjacent to an activating group) is 1. The van der Waals surface area contributed by atoms with Gasteiger partial charge in [-0.05, 0) is 18.6 Å². The molecular formula is C18H25ClFN5. The lowest BCUT2D eigenvalue weighted by atomic mass is 10.1. The Labute approximate surface area is 153 Å². The average molecular weight is 366 g/mol. The maximum Gasteiger partial charge on any atom is 0.191 e. The second kappa shape index (κ2) is 8.76. The van der Waals surface area contributed by atoms with Crippen LogP contribution >= 0.6 is 11.6 Å². The van der Waals surface area contributed by atoms with Gasteiger partial charge in [-0.15, -0.1) is 0 Å². The molecule has 1 aromatic rings. The Balaban J connectivity index is 2.21. The predicted octanol–water partition coefficient (Wildman–Crippen LogP) is 3.33. The first-order chi connectivity index (χ1) is 11.9. The van der Waals surface area contributed by atoms with Gasteiger partial charge in [0.25, 0.3) is 0 Å². The highest BCUT2D eigenvalue weighted by Crippen LogP contribution is 2.29. The van der Waals surface area contributed by atoms with Gasteiger partial charge in [0.15, 0.2) is 5.96 Å². The molecule has 1 aliphatic rings. The molecule has 0 amide bonds. The van der Waals surface area contributed by atoms with Crippen LogP contribution in [0.15, 0.2) is 41.2 Å². The maximum absolute atomic E-state index is 14.5. The molecule has 1 fully saturated rings. The number of hydrogen-bond donors (Lipinski definition) is 2. The topological polar surface area (TPSA) is 70.9 Å². The Morgan fingerprint density at radius 1 is 1.36 bits per heavy atom. The molecule has 25 heavy (non-hydrogen) atoms. The van der Waals surface area contributed by atoms with Crippen molar-refractivity contribution in [2.45, 2.75) is 26.3 Å². The van der Waals surface area contributed by atoms with Gasteiger partial charge in [0, 0.05) is 38.3 Å². The first kappa shape index (κ1) is 19.1. The van der Waals surface area contributed by atoms with Crippen LogP contribution in [0, 0.1) is 5.82 Å². The molecule has 4 N–H and O–H groups in total. The lowest BCUT2D eigenvalue weighted by molar-refractivity contribution is 0.353. The summed E-state index contributed by atoms with van der Waals surface area (Å²) in [5.41, 5.74) is 11.4. The zero-order chi connectivity index (χ0) is 18.4. The molecule has 0 radical (unpaired) electrons. The van der Waals surface area contributed by atoms with Gasteiger partial charge in [-0.25, -0.2) is 9.38 Å². The molecule has 5 nitrogen and oxygen atoms in total. The van der Waals surface area contributed by atoms with Crippen LogP contribution in [-0.4, -0.2) is 35.9 Å². The van der Waals surface area contributed by atoms with Gasteiger partial charge in [0.2, 0.25) is 0 Å². The third-order valence-electron chi connectivity index (χ3n) is 3.99. The number of unbranched alkanes of at least 4 members (excludes halogenated alkanes) is 1. The summed E-state index contributed by atoms with van der Waals surface area (Å²) in [4.78, 5) is 8.11. The summed E-state index contributed by atoms with van der Waals surface area (Å²) in [6, 6.07) is 2.87. The van der Waals surface area contributed by atoms with E-state index in [9.17, 15) is 4.39 Å². The summed E-state index contributed by atoms with van der Waals surface area (Å²) in [6.07, 6.45) is 8.40. The second-order valence-electron chi connectivity index (χ2n) is 6.01.